The smallest absolute Gasteiger partial charge is 0.387 e. The molecule has 0 bridgehead atoms. The molecule has 0 aromatic heterocycles. The molecule has 1 amide bonds. The molecule has 1 aliphatic rings. The first-order valence-electron chi connectivity index (χ1n) is 7.97. The Hall–Kier alpha value is -2.18. The van der Waals surface area contributed by atoms with E-state index >= 15 is 0 Å². The van der Waals surface area contributed by atoms with Crippen molar-refractivity contribution in [3.63, 3.8) is 0 Å². The standard InChI is InChI=1S/C17H21F2NO4/c1-11-4-2-3-5-14(11)20-15(21)10-23-16(22)12-6-8-13(9-7-12)24-17(18)19/h6-9,11,14,17H,2-5,10H2,1H3,(H,20,21)/t11-,14-/m0/s1. The number of alkyl halides is 2. The summed E-state index contributed by atoms with van der Waals surface area (Å²) in [7, 11) is 0. The van der Waals surface area contributed by atoms with Gasteiger partial charge >= 0.3 is 12.6 Å². The Morgan fingerprint density at radius 2 is 1.88 bits per heavy atom. The summed E-state index contributed by atoms with van der Waals surface area (Å²) in [6.07, 6.45) is 4.28. The minimum absolute atomic E-state index is 0.0504. The third kappa shape index (κ3) is 5.47. The third-order valence-electron chi connectivity index (χ3n) is 4.11. The zero-order chi connectivity index (χ0) is 17.5. The van der Waals surface area contributed by atoms with E-state index < -0.39 is 12.6 Å². The number of hydrogen-bond acceptors (Lipinski definition) is 4. The molecule has 2 atom stereocenters. The van der Waals surface area contributed by atoms with Crippen molar-refractivity contribution in [3.8, 4) is 5.75 Å². The van der Waals surface area contributed by atoms with Crippen LogP contribution in [0.1, 0.15) is 43.0 Å². The van der Waals surface area contributed by atoms with E-state index in [-0.39, 0.29) is 29.9 Å². The normalized spacial score (nSPS) is 20.5. The predicted octanol–water partition coefficient (Wildman–Crippen LogP) is 3.14. The molecule has 7 heteroatoms. The Morgan fingerprint density at radius 3 is 2.50 bits per heavy atom. The van der Waals surface area contributed by atoms with Crippen molar-refractivity contribution in [1.29, 1.82) is 0 Å². The number of halogens is 2. The van der Waals surface area contributed by atoms with Crippen molar-refractivity contribution in [2.45, 2.75) is 45.3 Å². The highest BCUT2D eigenvalue weighted by atomic mass is 19.3. The van der Waals surface area contributed by atoms with Crippen molar-refractivity contribution >= 4 is 11.9 Å². The first kappa shape index (κ1) is 18.2. The van der Waals surface area contributed by atoms with Crippen LogP contribution < -0.4 is 10.1 Å². The van der Waals surface area contributed by atoms with Crippen molar-refractivity contribution < 1.29 is 27.8 Å². The molecule has 0 aliphatic heterocycles. The van der Waals surface area contributed by atoms with Crippen LogP contribution in [0, 0.1) is 5.92 Å². The van der Waals surface area contributed by atoms with Gasteiger partial charge in [-0.2, -0.15) is 8.78 Å². The van der Waals surface area contributed by atoms with E-state index in [0.717, 1.165) is 19.3 Å². The van der Waals surface area contributed by atoms with E-state index in [1.54, 1.807) is 0 Å². The van der Waals surface area contributed by atoms with Gasteiger partial charge in [-0.1, -0.05) is 19.8 Å². The fourth-order valence-corrected chi connectivity index (χ4v) is 2.77. The second-order valence-corrected chi connectivity index (χ2v) is 5.91. The van der Waals surface area contributed by atoms with Gasteiger partial charge in [0.1, 0.15) is 5.75 Å². The van der Waals surface area contributed by atoms with Crippen LogP contribution in [-0.4, -0.2) is 31.1 Å². The van der Waals surface area contributed by atoms with Gasteiger partial charge in [0.2, 0.25) is 0 Å². The number of esters is 1. The lowest BCUT2D eigenvalue weighted by Gasteiger charge is -2.29. The number of nitrogens with one attached hydrogen (secondary N) is 1. The first-order valence-corrected chi connectivity index (χ1v) is 7.97. The van der Waals surface area contributed by atoms with E-state index in [1.807, 2.05) is 0 Å². The second kappa shape index (κ2) is 8.61. The minimum atomic E-state index is -2.92. The number of carbonyl (C=O) groups excluding carboxylic acids is 2. The molecule has 1 fully saturated rings. The van der Waals surface area contributed by atoms with Gasteiger partial charge < -0.3 is 14.8 Å². The topological polar surface area (TPSA) is 64.6 Å². The summed E-state index contributed by atoms with van der Waals surface area (Å²) in [6.45, 7) is -1.19. The number of rotatable bonds is 6. The van der Waals surface area contributed by atoms with Crippen LogP contribution in [-0.2, 0) is 9.53 Å². The van der Waals surface area contributed by atoms with Gasteiger partial charge in [0.05, 0.1) is 5.56 Å². The maximum absolute atomic E-state index is 12.1. The van der Waals surface area contributed by atoms with E-state index in [1.165, 1.54) is 30.7 Å². The number of carbonyl (C=O) groups is 2. The SMILES string of the molecule is C[C@H]1CCCC[C@@H]1NC(=O)COC(=O)c1ccc(OC(F)F)cc1. The molecule has 5 nitrogen and oxygen atoms in total. The van der Waals surface area contributed by atoms with Crippen molar-refractivity contribution in [2.24, 2.45) is 5.92 Å². The van der Waals surface area contributed by atoms with Crippen LogP contribution in [0.3, 0.4) is 0 Å². The lowest BCUT2D eigenvalue weighted by atomic mass is 9.86. The molecule has 1 aromatic rings. The summed E-state index contributed by atoms with van der Waals surface area (Å²) in [5.41, 5.74) is 0.162. The van der Waals surface area contributed by atoms with Crippen LogP contribution in [0.25, 0.3) is 0 Å². The van der Waals surface area contributed by atoms with Crippen LogP contribution in [0.15, 0.2) is 24.3 Å². The lowest BCUT2D eigenvalue weighted by molar-refractivity contribution is -0.125. The van der Waals surface area contributed by atoms with Gasteiger partial charge in [-0.05, 0) is 43.0 Å². The molecule has 0 spiro atoms. The molecule has 0 saturated heterocycles. The quantitative estimate of drug-likeness (QED) is 0.808. The Balaban J connectivity index is 1.78. The Bertz CT molecular complexity index is 562. The van der Waals surface area contributed by atoms with Gasteiger partial charge in [0.25, 0.3) is 5.91 Å². The molecule has 2 rings (SSSR count). The number of amides is 1. The monoisotopic (exact) mass is 341 g/mol. The van der Waals surface area contributed by atoms with Gasteiger partial charge in [0.15, 0.2) is 6.61 Å². The summed E-state index contributed by atoms with van der Waals surface area (Å²) in [4.78, 5) is 23.7. The molecule has 0 unspecified atom stereocenters. The highest BCUT2D eigenvalue weighted by molar-refractivity contribution is 5.91. The molecule has 0 radical (unpaired) electrons. The lowest BCUT2D eigenvalue weighted by Crippen LogP contribution is -2.42. The molecular formula is C17H21F2NO4. The minimum Gasteiger partial charge on any atom is -0.452 e. The average Bonchev–Trinajstić information content (AvgIpc) is 2.55. The molecule has 1 aromatic carbocycles. The Labute approximate surface area is 139 Å². The molecule has 1 saturated carbocycles. The van der Waals surface area contributed by atoms with Crippen molar-refractivity contribution in [2.75, 3.05) is 6.61 Å². The molecule has 1 aliphatic carbocycles. The molecule has 1 N–H and O–H groups in total. The number of hydrogen-bond donors (Lipinski definition) is 1. The fraction of sp³-hybridized carbons (Fsp3) is 0.529. The average molecular weight is 341 g/mol. The molecule has 24 heavy (non-hydrogen) atoms. The summed E-state index contributed by atoms with van der Waals surface area (Å²) in [6, 6.07) is 5.22. The third-order valence-corrected chi connectivity index (χ3v) is 4.11. The summed E-state index contributed by atoms with van der Waals surface area (Å²) < 4.78 is 33.2. The summed E-state index contributed by atoms with van der Waals surface area (Å²) in [5, 5.41) is 2.89. The Morgan fingerprint density at radius 1 is 1.21 bits per heavy atom. The van der Waals surface area contributed by atoms with Gasteiger partial charge in [-0.25, -0.2) is 4.79 Å². The number of benzene rings is 1. The van der Waals surface area contributed by atoms with E-state index in [2.05, 4.69) is 17.0 Å². The zero-order valence-corrected chi connectivity index (χ0v) is 13.5. The fourth-order valence-electron chi connectivity index (χ4n) is 2.77. The maximum Gasteiger partial charge on any atom is 0.387 e. The second-order valence-electron chi connectivity index (χ2n) is 5.91. The summed E-state index contributed by atoms with van der Waals surface area (Å²) in [5.74, 6) is -0.656. The van der Waals surface area contributed by atoms with Gasteiger partial charge in [-0.15, -0.1) is 0 Å². The highest BCUT2D eigenvalue weighted by Crippen LogP contribution is 2.23. The van der Waals surface area contributed by atoms with E-state index in [0.29, 0.717) is 5.92 Å². The Kier molecular flexibility index (Phi) is 6.52. The number of ether oxygens (including phenoxy) is 2. The first-order chi connectivity index (χ1) is 11.5. The van der Waals surface area contributed by atoms with Crippen LogP contribution in [0.2, 0.25) is 0 Å². The van der Waals surface area contributed by atoms with Gasteiger partial charge in [-0.3, -0.25) is 4.79 Å². The molecular weight excluding hydrogens is 320 g/mol. The maximum atomic E-state index is 12.1. The van der Waals surface area contributed by atoms with Crippen LogP contribution in [0.4, 0.5) is 8.78 Å². The molecule has 0 heterocycles. The van der Waals surface area contributed by atoms with Crippen molar-refractivity contribution in [1.82, 2.24) is 5.32 Å². The van der Waals surface area contributed by atoms with E-state index in [4.69, 9.17) is 4.74 Å². The van der Waals surface area contributed by atoms with E-state index in [9.17, 15) is 18.4 Å². The highest BCUT2D eigenvalue weighted by Gasteiger charge is 2.23. The van der Waals surface area contributed by atoms with Crippen LogP contribution in [0.5, 0.6) is 5.75 Å². The largest absolute Gasteiger partial charge is 0.452 e. The zero-order valence-electron chi connectivity index (χ0n) is 13.5. The summed E-state index contributed by atoms with van der Waals surface area (Å²) >= 11 is 0. The van der Waals surface area contributed by atoms with Crippen LogP contribution >= 0.6 is 0 Å². The predicted molar refractivity (Wildman–Crippen MR) is 82.9 cm³/mol. The van der Waals surface area contributed by atoms with Gasteiger partial charge in [0, 0.05) is 6.04 Å². The molecule has 132 valence electrons. The van der Waals surface area contributed by atoms with Crippen molar-refractivity contribution in [3.05, 3.63) is 29.8 Å².